The van der Waals surface area contributed by atoms with Crippen LogP contribution in [-0.4, -0.2) is 29.9 Å². The molecule has 0 bridgehead atoms. The fraction of sp³-hybridized carbons (Fsp3) is 0.429. The summed E-state index contributed by atoms with van der Waals surface area (Å²) in [5.74, 6) is -1.86. The topological polar surface area (TPSA) is 58.6 Å². The summed E-state index contributed by atoms with van der Waals surface area (Å²) >= 11 is 0. The predicted molar refractivity (Wildman–Crippen MR) is 72.5 cm³/mol. The largest absolute Gasteiger partial charge is 0.446 e. The molecular formula is C14H12F6N2O3. The van der Waals surface area contributed by atoms with E-state index in [9.17, 15) is 35.9 Å². The minimum atomic E-state index is -5.32. The van der Waals surface area contributed by atoms with Crippen LogP contribution in [0.3, 0.4) is 0 Å². The lowest BCUT2D eigenvalue weighted by atomic mass is 10.1. The van der Waals surface area contributed by atoms with Crippen LogP contribution in [0.5, 0.6) is 0 Å². The van der Waals surface area contributed by atoms with Crippen LogP contribution in [-0.2, 0) is 15.7 Å². The monoisotopic (exact) mass is 370 g/mol. The average Bonchev–Trinajstić information content (AvgIpc) is 2.69. The summed E-state index contributed by atoms with van der Waals surface area (Å²) in [6.07, 6.45) is -11.2. The molecule has 0 spiro atoms. The van der Waals surface area contributed by atoms with Crippen LogP contribution < -0.4 is 10.2 Å². The maximum atomic E-state index is 13.4. The zero-order chi connectivity index (χ0) is 19.2. The second-order valence-corrected chi connectivity index (χ2v) is 5.46. The second kappa shape index (κ2) is 5.90. The van der Waals surface area contributed by atoms with Gasteiger partial charge in [-0.3, -0.25) is 10.1 Å². The second-order valence-electron chi connectivity index (χ2n) is 5.46. The van der Waals surface area contributed by atoms with Gasteiger partial charge < -0.3 is 4.74 Å². The highest BCUT2D eigenvalue weighted by atomic mass is 19.4. The van der Waals surface area contributed by atoms with E-state index >= 15 is 0 Å². The molecular weight excluding hydrogens is 358 g/mol. The smallest absolute Gasteiger partial charge is 0.337 e. The molecule has 1 atom stereocenters. The van der Waals surface area contributed by atoms with Crippen LogP contribution in [0.1, 0.15) is 19.4 Å². The first-order valence-electron chi connectivity index (χ1n) is 6.88. The fourth-order valence-corrected chi connectivity index (χ4v) is 2.26. The van der Waals surface area contributed by atoms with Gasteiger partial charge in [-0.1, -0.05) is 6.07 Å². The molecule has 5 nitrogen and oxygen atoms in total. The molecule has 25 heavy (non-hydrogen) atoms. The van der Waals surface area contributed by atoms with E-state index in [1.165, 1.54) is 19.2 Å². The van der Waals surface area contributed by atoms with Crippen LogP contribution in [0.4, 0.5) is 36.8 Å². The Bertz CT molecular complexity index is 701. The Labute approximate surface area is 137 Å². The minimum absolute atomic E-state index is 0.0227. The van der Waals surface area contributed by atoms with Crippen molar-refractivity contribution in [2.75, 3.05) is 4.90 Å². The van der Waals surface area contributed by atoms with E-state index in [-0.39, 0.29) is 4.90 Å². The van der Waals surface area contributed by atoms with Gasteiger partial charge in [-0.2, -0.15) is 26.3 Å². The predicted octanol–water partition coefficient (Wildman–Crippen LogP) is 3.45. The third kappa shape index (κ3) is 3.28. The van der Waals surface area contributed by atoms with Crippen LogP contribution in [0, 0.1) is 0 Å². The summed E-state index contributed by atoms with van der Waals surface area (Å²) in [6.45, 7) is 2.42. The number of hydrogen-bond donors (Lipinski definition) is 1. The van der Waals surface area contributed by atoms with E-state index in [1.807, 2.05) is 0 Å². The highest BCUT2D eigenvalue weighted by molar-refractivity contribution is 6.23. The van der Waals surface area contributed by atoms with Gasteiger partial charge in [0.2, 0.25) is 0 Å². The van der Waals surface area contributed by atoms with Crippen molar-refractivity contribution in [2.24, 2.45) is 0 Å². The van der Waals surface area contributed by atoms with Gasteiger partial charge in [0.1, 0.15) is 0 Å². The van der Waals surface area contributed by atoms with E-state index in [2.05, 4.69) is 4.74 Å². The summed E-state index contributed by atoms with van der Waals surface area (Å²) in [4.78, 5) is 24.2. The van der Waals surface area contributed by atoms with Crippen LogP contribution in [0.15, 0.2) is 24.3 Å². The zero-order valence-electron chi connectivity index (χ0n) is 12.8. The highest BCUT2D eigenvalue weighted by Gasteiger charge is 2.70. The number of halogens is 6. The van der Waals surface area contributed by atoms with Crippen molar-refractivity contribution in [3.05, 3.63) is 29.8 Å². The molecule has 0 radical (unpaired) electrons. The quantitative estimate of drug-likeness (QED) is 0.655. The van der Waals surface area contributed by atoms with Gasteiger partial charge in [0, 0.05) is 0 Å². The number of carbonyl (C=O) groups excluding carboxylic acids is 2. The van der Waals surface area contributed by atoms with Gasteiger partial charge in [0.25, 0.3) is 5.91 Å². The first-order valence-corrected chi connectivity index (χ1v) is 6.88. The molecule has 0 unspecified atom stereocenters. The number of hydrogen-bond acceptors (Lipinski definition) is 3. The molecule has 1 fully saturated rings. The van der Waals surface area contributed by atoms with Crippen molar-refractivity contribution >= 4 is 17.6 Å². The molecule has 1 aromatic carbocycles. The summed E-state index contributed by atoms with van der Waals surface area (Å²) in [6, 6.07) is 1.30. The van der Waals surface area contributed by atoms with Gasteiger partial charge >= 0.3 is 24.1 Å². The molecule has 11 heteroatoms. The number of ether oxygens (including phenoxy) is 1. The molecule has 1 aliphatic heterocycles. The lowest BCUT2D eigenvalue weighted by Crippen LogP contribution is -2.61. The number of carbonyl (C=O) groups is 2. The van der Waals surface area contributed by atoms with Crippen LogP contribution >= 0.6 is 0 Å². The Hall–Kier alpha value is -2.30. The van der Waals surface area contributed by atoms with Crippen molar-refractivity contribution in [3.8, 4) is 0 Å². The number of rotatable bonds is 3. The lowest BCUT2D eigenvalue weighted by Gasteiger charge is -2.30. The number of benzene rings is 1. The molecule has 2 rings (SSSR count). The van der Waals surface area contributed by atoms with E-state index in [1.54, 1.807) is 0 Å². The Morgan fingerprint density at radius 3 is 2.20 bits per heavy atom. The maximum Gasteiger partial charge on any atom is 0.446 e. The van der Waals surface area contributed by atoms with Gasteiger partial charge in [-0.15, -0.1) is 0 Å². The standard InChI is InChI=1S/C14H12F6N2O3/c1-7(2)25-12(14(18,19)20)10(23)22(11(24)21-12)9-5-3-4-8(6-9)13(15,16)17/h3-7H,1-2H3,(H,21,24)/t12-/m0/s1. The molecule has 0 aliphatic carbocycles. The van der Waals surface area contributed by atoms with E-state index in [0.29, 0.717) is 12.1 Å². The SMILES string of the molecule is CC(C)O[C@@]1(C(F)(F)F)NC(=O)N(c2cccc(C(F)(F)F)c2)C1=O. The number of urea groups is 1. The first-order chi connectivity index (χ1) is 11.3. The van der Waals surface area contributed by atoms with Crippen molar-refractivity contribution in [1.29, 1.82) is 0 Å². The summed E-state index contributed by atoms with van der Waals surface area (Å²) in [5, 5.41) is 1.40. The fourth-order valence-electron chi connectivity index (χ4n) is 2.26. The van der Waals surface area contributed by atoms with Crippen molar-refractivity contribution in [2.45, 2.75) is 38.0 Å². The Balaban J connectivity index is 2.51. The Morgan fingerprint density at radius 1 is 1.12 bits per heavy atom. The van der Waals surface area contributed by atoms with Gasteiger partial charge in [-0.25, -0.2) is 9.69 Å². The number of anilines is 1. The average molecular weight is 370 g/mol. The van der Waals surface area contributed by atoms with Crippen molar-refractivity contribution in [1.82, 2.24) is 5.32 Å². The molecule has 0 aromatic heterocycles. The van der Waals surface area contributed by atoms with E-state index < -0.39 is 47.4 Å². The lowest BCUT2D eigenvalue weighted by molar-refractivity contribution is -0.277. The molecule has 138 valence electrons. The van der Waals surface area contributed by atoms with Gasteiger partial charge in [-0.05, 0) is 32.0 Å². The van der Waals surface area contributed by atoms with Crippen molar-refractivity contribution in [3.63, 3.8) is 0 Å². The molecule has 1 heterocycles. The third-order valence-electron chi connectivity index (χ3n) is 3.23. The Kier molecular flexibility index (Phi) is 4.49. The van der Waals surface area contributed by atoms with Gasteiger partial charge in [0.15, 0.2) is 0 Å². The molecule has 1 saturated heterocycles. The zero-order valence-corrected chi connectivity index (χ0v) is 12.8. The van der Waals surface area contributed by atoms with Gasteiger partial charge in [0.05, 0.1) is 17.4 Å². The normalized spacial score (nSPS) is 21.9. The minimum Gasteiger partial charge on any atom is -0.337 e. The molecule has 0 saturated carbocycles. The van der Waals surface area contributed by atoms with E-state index in [0.717, 1.165) is 12.1 Å². The number of alkyl halides is 6. The molecule has 1 N–H and O–H groups in total. The molecule has 1 aliphatic rings. The molecule has 3 amide bonds. The summed E-state index contributed by atoms with van der Waals surface area (Å²) in [7, 11) is 0. The third-order valence-corrected chi connectivity index (χ3v) is 3.23. The first kappa shape index (κ1) is 19.0. The van der Waals surface area contributed by atoms with E-state index in [4.69, 9.17) is 0 Å². The number of nitrogens with zero attached hydrogens (tertiary/aromatic N) is 1. The van der Waals surface area contributed by atoms with Crippen LogP contribution in [0.2, 0.25) is 0 Å². The molecule has 1 aromatic rings. The Morgan fingerprint density at radius 2 is 1.72 bits per heavy atom. The number of amides is 3. The van der Waals surface area contributed by atoms with Crippen LogP contribution in [0.25, 0.3) is 0 Å². The number of nitrogens with one attached hydrogen (secondary N) is 1. The summed E-state index contributed by atoms with van der Waals surface area (Å²) in [5.41, 5.74) is -5.54. The summed E-state index contributed by atoms with van der Waals surface area (Å²) < 4.78 is 83.1. The number of imide groups is 1. The van der Waals surface area contributed by atoms with Crippen molar-refractivity contribution < 1.29 is 40.7 Å². The highest BCUT2D eigenvalue weighted by Crippen LogP contribution is 2.40. The maximum absolute atomic E-state index is 13.4.